The molecule has 1 heterocycles. The highest BCUT2D eigenvalue weighted by molar-refractivity contribution is 5.33. The number of nitrogens with zero attached hydrogens (tertiary/aromatic N) is 2. The highest BCUT2D eigenvalue weighted by atomic mass is 16.5. The standard InChI is InChI=1S/C14H19N3O/c1-3-11-6-4-5-7-13(11)18-10-14-16-12(8-15)9-17(14)2/h4-7,9H,3,8,10,15H2,1-2H3. The molecule has 0 amide bonds. The molecule has 4 heteroatoms. The molecule has 0 aliphatic carbocycles. The molecule has 0 fully saturated rings. The largest absolute Gasteiger partial charge is 0.485 e. The highest BCUT2D eigenvalue weighted by Gasteiger charge is 2.06. The Bertz CT molecular complexity index is 520. The number of imidazole rings is 1. The van der Waals surface area contributed by atoms with Gasteiger partial charge in [-0.3, -0.25) is 0 Å². The predicted octanol–water partition coefficient (Wildman–Crippen LogP) is 2.02. The van der Waals surface area contributed by atoms with Gasteiger partial charge in [0, 0.05) is 19.8 Å². The van der Waals surface area contributed by atoms with Crippen LogP contribution >= 0.6 is 0 Å². The van der Waals surface area contributed by atoms with Crippen LogP contribution in [0.2, 0.25) is 0 Å². The van der Waals surface area contributed by atoms with Gasteiger partial charge in [0.15, 0.2) is 0 Å². The van der Waals surface area contributed by atoms with Crippen LogP contribution in [0.5, 0.6) is 5.75 Å². The van der Waals surface area contributed by atoms with E-state index in [4.69, 9.17) is 10.5 Å². The molecule has 96 valence electrons. The maximum atomic E-state index is 5.83. The van der Waals surface area contributed by atoms with E-state index in [0.717, 1.165) is 23.7 Å². The molecule has 2 N–H and O–H groups in total. The Morgan fingerprint density at radius 2 is 2.11 bits per heavy atom. The van der Waals surface area contributed by atoms with Crippen LogP contribution in [0.1, 0.15) is 24.0 Å². The Labute approximate surface area is 107 Å². The van der Waals surface area contributed by atoms with Crippen LogP contribution < -0.4 is 10.5 Å². The molecule has 0 bridgehead atoms. The normalized spacial score (nSPS) is 10.6. The topological polar surface area (TPSA) is 53.1 Å². The van der Waals surface area contributed by atoms with Crippen molar-refractivity contribution in [2.75, 3.05) is 0 Å². The highest BCUT2D eigenvalue weighted by Crippen LogP contribution is 2.19. The van der Waals surface area contributed by atoms with E-state index in [1.54, 1.807) is 0 Å². The molecule has 0 unspecified atom stereocenters. The summed E-state index contributed by atoms with van der Waals surface area (Å²) < 4.78 is 7.78. The molecule has 2 rings (SSSR count). The van der Waals surface area contributed by atoms with Crippen LogP contribution in [0.25, 0.3) is 0 Å². The predicted molar refractivity (Wildman–Crippen MR) is 71.3 cm³/mol. The number of benzene rings is 1. The first-order valence-corrected chi connectivity index (χ1v) is 6.16. The monoisotopic (exact) mass is 245 g/mol. The zero-order valence-corrected chi connectivity index (χ0v) is 10.9. The van der Waals surface area contributed by atoms with Crippen molar-refractivity contribution >= 4 is 0 Å². The van der Waals surface area contributed by atoms with E-state index >= 15 is 0 Å². The molecule has 0 aliphatic rings. The summed E-state index contributed by atoms with van der Waals surface area (Å²) in [7, 11) is 1.95. The molecule has 2 aromatic rings. The van der Waals surface area contributed by atoms with Crippen molar-refractivity contribution in [1.29, 1.82) is 0 Å². The number of para-hydroxylation sites is 1. The molecule has 0 radical (unpaired) electrons. The molecule has 0 atom stereocenters. The van der Waals surface area contributed by atoms with E-state index < -0.39 is 0 Å². The summed E-state index contributed by atoms with van der Waals surface area (Å²) in [4.78, 5) is 4.41. The lowest BCUT2D eigenvalue weighted by molar-refractivity contribution is 0.289. The zero-order chi connectivity index (χ0) is 13.0. The van der Waals surface area contributed by atoms with Gasteiger partial charge in [0.25, 0.3) is 0 Å². The number of rotatable bonds is 5. The summed E-state index contributed by atoms with van der Waals surface area (Å²) in [5, 5.41) is 0. The van der Waals surface area contributed by atoms with Gasteiger partial charge in [-0.2, -0.15) is 0 Å². The lowest BCUT2D eigenvalue weighted by atomic mass is 10.1. The SMILES string of the molecule is CCc1ccccc1OCc1nc(CN)cn1C. The van der Waals surface area contributed by atoms with Crippen molar-refractivity contribution in [2.45, 2.75) is 26.5 Å². The molecule has 18 heavy (non-hydrogen) atoms. The molecular formula is C14H19N3O. The maximum Gasteiger partial charge on any atom is 0.146 e. The number of hydrogen-bond donors (Lipinski definition) is 1. The van der Waals surface area contributed by atoms with Crippen molar-refractivity contribution < 1.29 is 4.74 Å². The van der Waals surface area contributed by atoms with Crippen molar-refractivity contribution in [1.82, 2.24) is 9.55 Å². The second-order valence-electron chi connectivity index (χ2n) is 4.21. The fourth-order valence-electron chi connectivity index (χ4n) is 1.88. The second-order valence-corrected chi connectivity index (χ2v) is 4.21. The molecule has 1 aromatic heterocycles. The lowest BCUT2D eigenvalue weighted by Crippen LogP contribution is -2.04. The minimum absolute atomic E-state index is 0.458. The Kier molecular flexibility index (Phi) is 3.99. The third kappa shape index (κ3) is 2.71. The molecular weight excluding hydrogens is 226 g/mol. The summed E-state index contributed by atoms with van der Waals surface area (Å²) in [5.74, 6) is 1.82. The number of aromatic nitrogens is 2. The Morgan fingerprint density at radius 3 is 2.78 bits per heavy atom. The smallest absolute Gasteiger partial charge is 0.146 e. The molecule has 1 aromatic carbocycles. The summed E-state index contributed by atoms with van der Waals surface area (Å²) in [5.41, 5.74) is 7.67. The Morgan fingerprint density at radius 1 is 1.33 bits per heavy atom. The third-order valence-corrected chi connectivity index (χ3v) is 2.94. The van der Waals surface area contributed by atoms with Crippen molar-refractivity contribution in [2.24, 2.45) is 12.8 Å². The van der Waals surface area contributed by atoms with Gasteiger partial charge in [0.2, 0.25) is 0 Å². The van der Waals surface area contributed by atoms with Gasteiger partial charge in [0.05, 0.1) is 5.69 Å². The van der Waals surface area contributed by atoms with Crippen LogP contribution in [0.4, 0.5) is 0 Å². The number of aryl methyl sites for hydroxylation is 2. The Balaban J connectivity index is 2.08. The number of hydrogen-bond acceptors (Lipinski definition) is 3. The fourth-order valence-corrected chi connectivity index (χ4v) is 1.88. The first-order chi connectivity index (χ1) is 8.74. The van der Waals surface area contributed by atoms with Crippen LogP contribution in [-0.4, -0.2) is 9.55 Å². The maximum absolute atomic E-state index is 5.83. The average molecular weight is 245 g/mol. The van der Waals surface area contributed by atoms with Gasteiger partial charge >= 0.3 is 0 Å². The van der Waals surface area contributed by atoms with E-state index in [-0.39, 0.29) is 0 Å². The second kappa shape index (κ2) is 5.69. The van der Waals surface area contributed by atoms with Crippen molar-refractivity contribution in [3.8, 4) is 5.75 Å². The zero-order valence-electron chi connectivity index (χ0n) is 10.9. The third-order valence-electron chi connectivity index (χ3n) is 2.94. The van der Waals surface area contributed by atoms with Crippen LogP contribution in [-0.2, 0) is 26.6 Å². The summed E-state index contributed by atoms with van der Waals surface area (Å²) in [6, 6.07) is 8.09. The summed E-state index contributed by atoms with van der Waals surface area (Å²) in [6.07, 6.45) is 2.90. The molecule has 0 aliphatic heterocycles. The van der Waals surface area contributed by atoms with E-state index in [1.807, 2.05) is 36.0 Å². The molecule has 0 spiro atoms. The van der Waals surface area contributed by atoms with Gasteiger partial charge in [-0.1, -0.05) is 25.1 Å². The number of nitrogens with two attached hydrogens (primary N) is 1. The van der Waals surface area contributed by atoms with E-state index in [0.29, 0.717) is 13.2 Å². The van der Waals surface area contributed by atoms with Crippen molar-refractivity contribution in [3.63, 3.8) is 0 Å². The van der Waals surface area contributed by atoms with Gasteiger partial charge < -0.3 is 15.0 Å². The van der Waals surface area contributed by atoms with Crippen molar-refractivity contribution in [3.05, 3.63) is 47.5 Å². The minimum atomic E-state index is 0.458. The first kappa shape index (κ1) is 12.6. The van der Waals surface area contributed by atoms with Crippen LogP contribution in [0, 0.1) is 0 Å². The lowest BCUT2D eigenvalue weighted by Gasteiger charge is -2.09. The van der Waals surface area contributed by atoms with E-state index in [9.17, 15) is 0 Å². The van der Waals surface area contributed by atoms with Gasteiger partial charge in [-0.05, 0) is 18.1 Å². The van der Waals surface area contributed by atoms with E-state index in [2.05, 4.69) is 18.0 Å². The summed E-state index contributed by atoms with van der Waals surface area (Å²) >= 11 is 0. The minimum Gasteiger partial charge on any atom is -0.485 e. The quantitative estimate of drug-likeness (QED) is 0.876. The molecule has 0 saturated heterocycles. The van der Waals surface area contributed by atoms with Gasteiger partial charge in [-0.15, -0.1) is 0 Å². The van der Waals surface area contributed by atoms with Gasteiger partial charge in [0.1, 0.15) is 18.2 Å². The molecule has 4 nitrogen and oxygen atoms in total. The van der Waals surface area contributed by atoms with E-state index in [1.165, 1.54) is 5.56 Å². The Hall–Kier alpha value is -1.81. The number of ether oxygens (including phenoxy) is 1. The summed E-state index contributed by atoms with van der Waals surface area (Å²) in [6.45, 7) is 3.04. The first-order valence-electron chi connectivity index (χ1n) is 6.16. The van der Waals surface area contributed by atoms with Gasteiger partial charge in [-0.25, -0.2) is 4.98 Å². The fraction of sp³-hybridized carbons (Fsp3) is 0.357. The molecule has 0 saturated carbocycles. The van der Waals surface area contributed by atoms with Crippen LogP contribution in [0.15, 0.2) is 30.5 Å². The van der Waals surface area contributed by atoms with Crippen LogP contribution in [0.3, 0.4) is 0 Å². The average Bonchev–Trinajstić information content (AvgIpc) is 2.77.